The normalized spacial score (nSPS) is 11.4. The van der Waals surface area contributed by atoms with Crippen LogP contribution in [0.15, 0.2) is 18.2 Å². The summed E-state index contributed by atoms with van der Waals surface area (Å²) in [5, 5.41) is 3.50. The van der Waals surface area contributed by atoms with Crippen LogP contribution in [-0.2, 0) is 0 Å². The fourth-order valence-electron chi connectivity index (χ4n) is 1.71. The summed E-state index contributed by atoms with van der Waals surface area (Å²) in [5.74, 6) is 5.70. The highest BCUT2D eigenvalue weighted by Gasteiger charge is 2.10. The van der Waals surface area contributed by atoms with Gasteiger partial charge in [0.05, 0.1) is 12.1 Å². The molecule has 0 bridgehead atoms. The lowest BCUT2D eigenvalue weighted by atomic mass is 10.0. The van der Waals surface area contributed by atoms with Crippen molar-refractivity contribution in [3.05, 3.63) is 34.9 Å². The van der Waals surface area contributed by atoms with Gasteiger partial charge in [0.1, 0.15) is 0 Å². The number of hydrogen-bond donors (Lipinski definition) is 2. The SMILES string of the molecule is CSC(C)CCNC(=O)c1ccc(C)cc1C#CCN. The number of nitrogens with two attached hydrogens (primary N) is 1. The van der Waals surface area contributed by atoms with Crippen LogP contribution in [0.3, 0.4) is 0 Å². The molecule has 0 aliphatic rings. The quantitative estimate of drug-likeness (QED) is 0.817. The van der Waals surface area contributed by atoms with E-state index in [9.17, 15) is 4.79 Å². The Morgan fingerprint density at radius 1 is 1.50 bits per heavy atom. The lowest BCUT2D eigenvalue weighted by Crippen LogP contribution is -2.26. The summed E-state index contributed by atoms with van der Waals surface area (Å²) in [4.78, 5) is 12.2. The monoisotopic (exact) mass is 290 g/mol. The second-order valence-corrected chi connectivity index (χ2v) is 5.92. The van der Waals surface area contributed by atoms with Gasteiger partial charge in [-0.25, -0.2) is 0 Å². The summed E-state index contributed by atoms with van der Waals surface area (Å²) < 4.78 is 0. The predicted octanol–water partition coefficient (Wildman–Crippen LogP) is 2.18. The third-order valence-electron chi connectivity index (χ3n) is 2.98. The van der Waals surface area contributed by atoms with E-state index in [2.05, 4.69) is 30.3 Å². The summed E-state index contributed by atoms with van der Waals surface area (Å²) >= 11 is 1.80. The first-order valence-electron chi connectivity index (χ1n) is 6.69. The second kappa shape index (κ2) is 8.68. The topological polar surface area (TPSA) is 55.1 Å². The lowest BCUT2D eigenvalue weighted by Gasteiger charge is -2.10. The molecule has 0 radical (unpaired) electrons. The molecule has 3 N–H and O–H groups in total. The van der Waals surface area contributed by atoms with Crippen molar-refractivity contribution < 1.29 is 4.79 Å². The Labute approximate surface area is 125 Å². The van der Waals surface area contributed by atoms with Crippen molar-refractivity contribution in [1.82, 2.24) is 5.32 Å². The maximum atomic E-state index is 12.2. The number of nitrogens with one attached hydrogen (secondary N) is 1. The van der Waals surface area contributed by atoms with Crippen molar-refractivity contribution in [3.8, 4) is 11.8 Å². The van der Waals surface area contributed by atoms with Gasteiger partial charge in [0, 0.05) is 17.4 Å². The molecule has 1 atom stereocenters. The molecule has 4 heteroatoms. The Kier molecular flexibility index (Phi) is 7.21. The van der Waals surface area contributed by atoms with Gasteiger partial charge in [-0.1, -0.05) is 24.8 Å². The highest BCUT2D eigenvalue weighted by molar-refractivity contribution is 7.99. The summed E-state index contributed by atoms with van der Waals surface area (Å²) in [6.07, 6.45) is 3.04. The minimum atomic E-state index is -0.0698. The molecule has 0 aliphatic heterocycles. The summed E-state index contributed by atoms with van der Waals surface area (Å²) in [7, 11) is 0. The number of carbonyl (C=O) groups is 1. The van der Waals surface area contributed by atoms with Gasteiger partial charge in [0.2, 0.25) is 0 Å². The molecule has 3 nitrogen and oxygen atoms in total. The molecule has 20 heavy (non-hydrogen) atoms. The summed E-state index contributed by atoms with van der Waals surface area (Å²) in [5.41, 5.74) is 7.84. The van der Waals surface area contributed by atoms with Gasteiger partial charge in [0.25, 0.3) is 5.91 Å². The van der Waals surface area contributed by atoms with Crippen molar-refractivity contribution in [2.24, 2.45) is 5.73 Å². The van der Waals surface area contributed by atoms with Crippen LogP contribution in [0.5, 0.6) is 0 Å². The van der Waals surface area contributed by atoms with E-state index in [1.807, 2.05) is 25.1 Å². The van der Waals surface area contributed by atoms with E-state index in [-0.39, 0.29) is 5.91 Å². The standard InChI is InChI=1S/C16H22N2OS/c1-12-6-7-15(14(11-12)5-4-9-17)16(19)18-10-8-13(2)20-3/h6-7,11,13H,8-10,17H2,1-3H3,(H,18,19). The second-order valence-electron chi connectivity index (χ2n) is 4.65. The van der Waals surface area contributed by atoms with Crippen LogP contribution in [0.25, 0.3) is 0 Å². The molecule has 1 aromatic carbocycles. The van der Waals surface area contributed by atoms with E-state index < -0.39 is 0 Å². The number of hydrogen-bond acceptors (Lipinski definition) is 3. The average molecular weight is 290 g/mol. The van der Waals surface area contributed by atoms with Gasteiger partial charge in [-0.3, -0.25) is 4.79 Å². The maximum Gasteiger partial charge on any atom is 0.252 e. The van der Waals surface area contributed by atoms with E-state index in [1.165, 1.54) is 0 Å². The number of carbonyl (C=O) groups excluding carboxylic acids is 1. The van der Waals surface area contributed by atoms with Gasteiger partial charge in [-0.2, -0.15) is 11.8 Å². The number of rotatable bonds is 5. The molecule has 0 saturated heterocycles. The molecular formula is C16H22N2OS. The fourth-order valence-corrected chi connectivity index (χ4v) is 2.06. The molecule has 0 aromatic heterocycles. The molecule has 0 fully saturated rings. The first-order valence-corrected chi connectivity index (χ1v) is 7.97. The number of benzene rings is 1. The molecule has 0 spiro atoms. The number of amides is 1. The Morgan fingerprint density at radius 3 is 2.90 bits per heavy atom. The van der Waals surface area contributed by atoms with Crippen LogP contribution in [0.2, 0.25) is 0 Å². The fraction of sp³-hybridized carbons (Fsp3) is 0.438. The highest BCUT2D eigenvalue weighted by Crippen LogP contribution is 2.12. The van der Waals surface area contributed by atoms with Crippen LogP contribution in [0.1, 0.15) is 34.8 Å². The third kappa shape index (κ3) is 5.28. The smallest absolute Gasteiger partial charge is 0.252 e. The lowest BCUT2D eigenvalue weighted by molar-refractivity contribution is 0.0953. The van der Waals surface area contributed by atoms with Gasteiger partial charge in [0.15, 0.2) is 0 Å². The predicted molar refractivity (Wildman–Crippen MR) is 87.0 cm³/mol. The molecule has 0 aliphatic carbocycles. The zero-order valence-corrected chi connectivity index (χ0v) is 13.1. The van der Waals surface area contributed by atoms with Gasteiger partial charge < -0.3 is 11.1 Å². The Hall–Kier alpha value is -1.44. The zero-order valence-electron chi connectivity index (χ0n) is 12.3. The van der Waals surface area contributed by atoms with E-state index in [1.54, 1.807) is 11.8 Å². The summed E-state index contributed by atoms with van der Waals surface area (Å²) in [6, 6.07) is 5.67. The third-order valence-corrected chi connectivity index (χ3v) is 4.02. The first-order chi connectivity index (χ1) is 9.58. The van der Waals surface area contributed by atoms with E-state index in [0.717, 1.165) is 17.5 Å². The molecule has 0 heterocycles. The van der Waals surface area contributed by atoms with Crippen LogP contribution >= 0.6 is 11.8 Å². The minimum absolute atomic E-state index is 0.0698. The Balaban J connectivity index is 2.76. The molecule has 1 unspecified atom stereocenters. The van der Waals surface area contributed by atoms with Crippen molar-refractivity contribution >= 4 is 17.7 Å². The first kappa shape index (κ1) is 16.6. The Bertz CT molecular complexity index is 517. The van der Waals surface area contributed by atoms with Gasteiger partial charge >= 0.3 is 0 Å². The van der Waals surface area contributed by atoms with E-state index >= 15 is 0 Å². The van der Waals surface area contributed by atoms with Crippen LogP contribution in [0.4, 0.5) is 0 Å². The maximum absolute atomic E-state index is 12.2. The largest absolute Gasteiger partial charge is 0.352 e. The molecule has 108 valence electrons. The molecule has 1 rings (SSSR count). The Morgan fingerprint density at radius 2 is 2.25 bits per heavy atom. The van der Waals surface area contributed by atoms with Crippen molar-refractivity contribution in [2.75, 3.05) is 19.3 Å². The summed E-state index contributed by atoms with van der Waals surface area (Å²) in [6.45, 7) is 5.11. The molecule has 1 amide bonds. The number of aryl methyl sites for hydroxylation is 1. The van der Waals surface area contributed by atoms with Crippen molar-refractivity contribution in [2.45, 2.75) is 25.5 Å². The van der Waals surface area contributed by atoms with Crippen molar-refractivity contribution in [1.29, 1.82) is 0 Å². The molecular weight excluding hydrogens is 268 g/mol. The van der Waals surface area contributed by atoms with Crippen molar-refractivity contribution in [3.63, 3.8) is 0 Å². The van der Waals surface area contributed by atoms with E-state index in [4.69, 9.17) is 5.73 Å². The molecule has 1 aromatic rings. The van der Waals surface area contributed by atoms with Crippen LogP contribution in [0, 0.1) is 18.8 Å². The van der Waals surface area contributed by atoms with Crippen LogP contribution in [-0.4, -0.2) is 30.5 Å². The minimum Gasteiger partial charge on any atom is -0.352 e. The van der Waals surface area contributed by atoms with Gasteiger partial charge in [-0.15, -0.1) is 0 Å². The van der Waals surface area contributed by atoms with Crippen LogP contribution < -0.4 is 11.1 Å². The van der Waals surface area contributed by atoms with E-state index in [0.29, 0.717) is 23.9 Å². The average Bonchev–Trinajstić information content (AvgIpc) is 2.44. The van der Waals surface area contributed by atoms with Gasteiger partial charge in [-0.05, 0) is 37.3 Å². The number of thioether (sulfide) groups is 1. The zero-order chi connectivity index (χ0) is 15.0. The molecule has 0 saturated carbocycles. The highest BCUT2D eigenvalue weighted by atomic mass is 32.2.